The highest BCUT2D eigenvalue weighted by Crippen LogP contribution is 2.22. The van der Waals surface area contributed by atoms with Crippen LogP contribution in [0.5, 0.6) is 0 Å². The molecule has 0 aliphatic rings. The maximum atomic E-state index is 13.1. The second kappa shape index (κ2) is 9.14. The number of anilines is 1. The molecular formula is C23H20Cl2FN5O. The zero-order chi connectivity index (χ0) is 22.8. The first-order chi connectivity index (χ1) is 15.3. The van der Waals surface area contributed by atoms with E-state index in [2.05, 4.69) is 15.5 Å². The molecule has 0 atom stereocenters. The highest BCUT2D eigenvalue weighted by molar-refractivity contribution is 6.33. The minimum atomic E-state index is -0.320. The molecule has 0 bridgehead atoms. The maximum Gasteiger partial charge on any atom is 0.256 e. The van der Waals surface area contributed by atoms with Crippen LogP contribution in [0.4, 0.5) is 10.2 Å². The monoisotopic (exact) mass is 471 g/mol. The molecule has 1 amide bonds. The number of halogens is 3. The molecule has 0 unspecified atom stereocenters. The van der Waals surface area contributed by atoms with Crippen LogP contribution < -0.4 is 5.32 Å². The van der Waals surface area contributed by atoms with E-state index < -0.39 is 0 Å². The van der Waals surface area contributed by atoms with Crippen molar-refractivity contribution in [2.45, 2.75) is 26.9 Å². The first-order valence-corrected chi connectivity index (χ1v) is 10.6. The molecule has 0 aliphatic carbocycles. The Labute approximate surface area is 194 Å². The van der Waals surface area contributed by atoms with E-state index in [1.807, 2.05) is 30.7 Å². The molecule has 1 N–H and O–H groups in total. The first kappa shape index (κ1) is 22.0. The van der Waals surface area contributed by atoms with Gasteiger partial charge in [0.1, 0.15) is 10.8 Å². The zero-order valence-corrected chi connectivity index (χ0v) is 19.0. The van der Waals surface area contributed by atoms with Crippen LogP contribution in [0.2, 0.25) is 10.0 Å². The minimum absolute atomic E-state index is 0.264. The second-order valence-corrected chi connectivity index (χ2v) is 8.23. The number of nitrogens with zero attached hydrogens (tertiary/aromatic N) is 4. The van der Waals surface area contributed by atoms with Gasteiger partial charge in [-0.25, -0.2) is 4.39 Å². The van der Waals surface area contributed by atoms with Crippen LogP contribution in [-0.4, -0.2) is 25.5 Å². The van der Waals surface area contributed by atoms with Crippen LogP contribution in [0, 0.1) is 19.7 Å². The van der Waals surface area contributed by atoms with Crippen molar-refractivity contribution in [3.8, 4) is 0 Å². The Kier molecular flexibility index (Phi) is 6.30. The Hall–Kier alpha value is -3.16. The minimum Gasteiger partial charge on any atom is -0.304 e. The second-order valence-electron chi connectivity index (χ2n) is 7.44. The van der Waals surface area contributed by atoms with Crippen molar-refractivity contribution in [3.63, 3.8) is 0 Å². The maximum absolute atomic E-state index is 13.1. The van der Waals surface area contributed by atoms with Crippen LogP contribution in [0.15, 0.2) is 54.7 Å². The van der Waals surface area contributed by atoms with Gasteiger partial charge in [0, 0.05) is 11.8 Å². The Morgan fingerprint density at radius 2 is 1.59 bits per heavy atom. The lowest BCUT2D eigenvalue weighted by Gasteiger charge is -2.07. The number of nitrogens with one attached hydrogen (secondary N) is 1. The van der Waals surface area contributed by atoms with Gasteiger partial charge in [0.05, 0.1) is 29.5 Å². The number of amides is 1. The van der Waals surface area contributed by atoms with Gasteiger partial charge in [0.15, 0.2) is 5.82 Å². The summed E-state index contributed by atoms with van der Waals surface area (Å²) in [5, 5.41) is 12.5. The predicted molar refractivity (Wildman–Crippen MR) is 123 cm³/mol. The average molecular weight is 472 g/mol. The third-order valence-electron chi connectivity index (χ3n) is 5.05. The summed E-state index contributed by atoms with van der Waals surface area (Å²) in [5.74, 6) is -0.357. The number of carbonyl (C=O) groups is 1. The summed E-state index contributed by atoms with van der Waals surface area (Å²) >= 11 is 12.4. The summed E-state index contributed by atoms with van der Waals surface area (Å²) in [6.07, 6.45) is 1.61. The van der Waals surface area contributed by atoms with E-state index >= 15 is 0 Å². The summed E-state index contributed by atoms with van der Waals surface area (Å²) in [6, 6.07) is 13.3. The molecule has 0 fully saturated rings. The zero-order valence-electron chi connectivity index (χ0n) is 17.4. The van der Waals surface area contributed by atoms with Gasteiger partial charge >= 0.3 is 0 Å². The molecule has 2 aromatic carbocycles. The van der Waals surface area contributed by atoms with Gasteiger partial charge in [0.25, 0.3) is 5.91 Å². The number of hydrogen-bond donors (Lipinski definition) is 1. The highest BCUT2D eigenvalue weighted by Gasteiger charge is 2.14. The fraction of sp³-hybridized carbons (Fsp3) is 0.174. The molecule has 0 aliphatic heterocycles. The van der Waals surface area contributed by atoms with Crippen molar-refractivity contribution >= 4 is 34.9 Å². The van der Waals surface area contributed by atoms with Crippen LogP contribution in [0.3, 0.4) is 0 Å². The highest BCUT2D eigenvalue weighted by atomic mass is 35.5. The molecule has 4 aromatic rings. The lowest BCUT2D eigenvalue weighted by atomic mass is 10.1. The van der Waals surface area contributed by atoms with Crippen molar-refractivity contribution in [2.75, 3.05) is 5.32 Å². The van der Waals surface area contributed by atoms with E-state index in [4.69, 9.17) is 23.2 Å². The van der Waals surface area contributed by atoms with Crippen LogP contribution >= 0.6 is 23.2 Å². The quantitative estimate of drug-likeness (QED) is 0.404. The van der Waals surface area contributed by atoms with E-state index in [1.54, 1.807) is 35.1 Å². The smallest absolute Gasteiger partial charge is 0.256 e. The largest absolute Gasteiger partial charge is 0.304 e. The van der Waals surface area contributed by atoms with E-state index in [-0.39, 0.29) is 17.5 Å². The molecule has 164 valence electrons. The van der Waals surface area contributed by atoms with Gasteiger partial charge in [-0.05, 0) is 49.2 Å². The molecule has 9 heteroatoms. The van der Waals surface area contributed by atoms with Crippen molar-refractivity contribution < 1.29 is 9.18 Å². The lowest BCUT2D eigenvalue weighted by molar-refractivity contribution is 0.102. The molecule has 6 nitrogen and oxygen atoms in total. The number of aromatic nitrogens is 4. The molecule has 2 aromatic heterocycles. The number of carbonyl (C=O) groups excluding carboxylic acids is 1. The summed E-state index contributed by atoms with van der Waals surface area (Å²) in [6.45, 7) is 4.75. The van der Waals surface area contributed by atoms with Crippen molar-refractivity contribution in [3.05, 3.63) is 98.7 Å². The van der Waals surface area contributed by atoms with E-state index in [0.717, 1.165) is 22.5 Å². The number of aryl methyl sites for hydroxylation is 1. The molecule has 0 saturated heterocycles. The molecule has 2 heterocycles. The fourth-order valence-corrected chi connectivity index (χ4v) is 3.62. The van der Waals surface area contributed by atoms with E-state index in [1.165, 1.54) is 12.1 Å². The van der Waals surface area contributed by atoms with Crippen LogP contribution in [-0.2, 0) is 13.1 Å². The standard InChI is InChI=1S/C23H20Cl2FN5O/c1-14-21(25)15(2)31(28-14)12-17-3-7-18(8-4-17)23(32)27-22-20(24)13-30(29-22)11-16-5-9-19(26)10-6-16/h3-10,13H,11-12H2,1-2H3,(H,27,29,32). The summed E-state index contributed by atoms with van der Waals surface area (Å²) < 4.78 is 16.5. The first-order valence-electron chi connectivity index (χ1n) is 9.87. The van der Waals surface area contributed by atoms with Gasteiger partial charge < -0.3 is 5.32 Å². The Morgan fingerprint density at radius 3 is 2.22 bits per heavy atom. The van der Waals surface area contributed by atoms with E-state index in [0.29, 0.717) is 28.7 Å². The van der Waals surface area contributed by atoms with Gasteiger partial charge in [-0.15, -0.1) is 0 Å². The van der Waals surface area contributed by atoms with Gasteiger partial charge in [-0.1, -0.05) is 47.5 Å². The average Bonchev–Trinajstić information content (AvgIpc) is 3.23. The molecule has 0 spiro atoms. The van der Waals surface area contributed by atoms with Crippen LogP contribution in [0.25, 0.3) is 0 Å². The SMILES string of the molecule is Cc1nn(Cc2ccc(C(=O)Nc3nn(Cc4ccc(F)cc4)cc3Cl)cc2)c(C)c1Cl. The number of rotatable bonds is 6. The summed E-state index contributed by atoms with van der Waals surface area (Å²) in [5.41, 5.74) is 4.02. The Morgan fingerprint density at radius 1 is 0.969 bits per heavy atom. The molecule has 32 heavy (non-hydrogen) atoms. The van der Waals surface area contributed by atoms with Gasteiger partial charge in [0.2, 0.25) is 0 Å². The third-order valence-corrected chi connectivity index (χ3v) is 5.87. The van der Waals surface area contributed by atoms with Gasteiger partial charge in [-0.2, -0.15) is 10.2 Å². The normalized spacial score (nSPS) is 11.0. The summed E-state index contributed by atoms with van der Waals surface area (Å²) in [4.78, 5) is 12.6. The van der Waals surface area contributed by atoms with E-state index in [9.17, 15) is 9.18 Å². The fourth-order valence-electron chi connectivity index (χ4n) is 3.28. The topological polar surface area (TPSA) is 64.7 Å². The molecule has 0 saturated carbocycles. The van der Waals surface area contributed by atoms with Crippen molar-refractivity contribution in [1.29, 1.82) is 0 Å². The summed E-state index contributed by atoms with van der Waals surface area (Å²) in [7, 11) is 0. The van der Waals surface area contributed by atoms with Gasteiger partial charge in [-0.3, -0.25) is 14.2 Å². The molecule has 0 radical (unpaired) electrons. The lowest BCUT2D eigenvalue weighted by Crippen LogP contribution is -2.13. The van der Waals surface area contributed by atoms with Crippen molar-refractivity contribution in [2.24, 2.45) is 0 Å². The van der Waals surface area contributed by atoms with Crippen LogP contribution in [0.1, 0.15) is 32.9 Å². The Bertz CT molecular complexity index is 1260. The molecule has 4 rings (SSSR count). The van der Waals surface area contributed by atoms with Crippen molar-refractivity contribution in [1.82, 2.24) is 19.6 Å². The third kappa shape index (κ3) is 4.84. The Balaban J connectivity index is 1.42. The number of benzene rings is 2. The molecular weight excluding hydrogens is 452 g/mol. The predicted octanol–water partition coefficient (Wildman–Crippen LogP) is 5.49. The number of hydrogen-bond acceptors (Lipinski definition) is 3.